The van der Waals surface area contributed by atoms with Crippen molar-refractivity contribution in [2.75, 3.05) is 11.9 Å². The van der Waals surface area contributed by atoms with Crippen LogP contribution in [0.2, 0.25) is 0 Å². The third kappa shape index (κ3) is 5.23. The molecule has 0 fully saturated rings. The first kappa shape index (κ1) is 21.0. The van der Waals surface area contributed by atoms with Crippen molar-refractivity contribution in [3.63, 3.8) is 0 Å². The molecule has 154 valence electrons. The minimum atomic E-state index is -0.927. The molecule has 1 aliphatic carbocycles. The van der Waals surface area contributed by atoms with E-state index in [0.29, 0.717) is 16.5 Å². The van der Waals surface area contributed by atoms with E-state index in [-0.39, 0.29) is 31.8 Å². The van der Waals surface area contributed by atoms with Gasteiger partial charge in [-0.05, 0) is 49.7 Å². The standard InChI is InChI=1S/C22H25NO5S/c1-2-28-22(27)20-16-12-11-15(14-7-4-3-5-8-14)13-17(16)29-21(20)23-18(24)9-6-10-19(25)26/h3-5,7-8,15H,2,6,9-13H2,1H3,(H,23,24)(H,25,26). The minimum absolute atomic E-state index is 0.0577. The topological polar surface area (TPSA) is 92.7 Å². The molecule has 1 unspecified atom stereocenters. The van der Waals surface area contributed by atoms with Crippen LogP contribution in [0.4, 0.5) is 5.00 Å². The van der Waals surface area contributed by atoms with Crippen LogP contribution in [0.25, 0.3) is 0 Å². The molecule has 2 N–H and O–H groups in total. The van der Waals surface area contributed by atoms with Crippen molar-refractivity contribution < 1.29 is 24.2 Å². The Morgan fingerprint density at radius 3 is 2.66 bits per heavy atom. The summed E-state index contributed by atoms with van der Waals surface area (Å²) in [6.07, 6.45) is 2.82. The van der Waals surface area contributed by atoms with Gasteiger partial charge in [0.05, 0.1) is 12.2 Å². The molecule has 0 radical (unpaired) electrons. The van der Waals surface area contributed by atoms with Gasteiger partial charge in [-0.15, -0.1) is 11.3 Å². The highest BCUT2D eigenvalue weighted by Crippen LogP contribution is 2.42. The summed E-state index contributed by atoms with van der Waals surface area (Å²) in [6, 6.07) is 10.3. The van der Waals surface area contributed by atoms with Crippen LogP contribution in [0.3, 0.4) is 0 Å². The van der Waals surface area contributed by atoms with Gasteiger partial charge in [0.25, 0.3) is 0 Å². The number of hydrogen-bond donors (Lipinski definition) is 2. The number of carboxylic acid groups (broad SMARTS) is 1. The van der Waals surface area contributed by atoms with E-state index < -0.39 is 11.9 Å². The molecular formula is C22H25NO5S. The number of hydrogen-bond acceptors (Lipinski definition) is 5. The molecule has 1 amide bonds. The first-order valence-corrected chi connectivity index (χ1v) is 10.7. The lowest BCUT2D eigenvalue weighted by Gasteiger charge is -2.23. The van der Waals surface area contributed by atoms with Crippen LogP contribution >= 0.6 is 11.3 Å². The molecule has 6 nitrogen and oxygen atoms in total. The van der Waals surface area contributed by atoms with E-state index in [4.69, 9.17) is 9.84 Å². The summed E-state index contributed by atoms with van der Waals surface area (Å²) in [6.45, 7) is 2.02. The highest BCUT2D eigenvalue weighted by atomic mass is 32.1. The molecule has 1 heterocycles. The Kier molecular flexibility index (Phi) is 7.04. The molecule has 1 aromatic carbocycles. The fourth-order valence-electron chi connectivity index (χ4n) is 3.69. The van der Waals surface area contributed by atoms with Crippen LogP contribution in [0.15, 0.2) is 30.3 Å². The number of carbonyl (C=O) groups excluding carboxylic acids is 2. The van der Waals surface area contributed by atoms with Crippen LogP contribution < -0.4 is 5.32 Å². The highest BCUT2D eigenvalue weighted by molar-refractivity contribution is 7.17. The molecule has 2 aromatic rings. The normalized spacial score (nSPS) is 15.4. The molecular weight excluding hydrogens is 390 g/mol. The zero-order valence-corrected chi connectivity index (χ0v) is 17.2. The average molecular weight is 416 g/mol. The Hall–Kier alpha value is -2.67. The molecule has 0 saturated heterocycles. The van der Waals surface area contributed by atoms with Crippen LogP contribution in [-0.4, -0.2) is 29.6 Å². The maximum absolute atomic E-state index is 12.6. The molecule has 0 bridgehead atoms. The summed E-state index contributed by atoms with van der Waals surface area (Å²) >= 11 is 1.43. The fraction of sp³-hybridized carbons (Fsp3) is 0.409. The summed E-state index contributed by atoms with van der Waals surface area (Å²) in [7, 11) is 0. The van der Waals surface area contributed by atoms with Crippen LogP contribution in [-0.2, 0) is 27.2 Å². The lowest BCUT2D eigenvalue weighted by molar-refractivity contribution is -0.137. The number of fused-ring (bicyclic) bond motifs is 1. The summed E-state index contributed by atoms with van der Waals surface area (Å²) in [5.41, 5.74) is 2.72. The summed E-state index contributed by atoms with van der Waals surface area (Å²) in [5, 5.41) is 12.1. The van der Waals surface area contributed by atoms with E-state index in [1.54, 1.807) is 6.92 Å². The van der Waals surface area contributed by atoms with Crippen molar-refractivity contribution in [1.82, 2.24) is 0 Å². The van der Waals surface area contributed by atoms with Crippen LogP contribution in [0, 0.1) is 0 Å². The fourth-order valence-corrected chi connectivity index (χ4v) is 5.02. The Morgan fingerprint density at radius 2 is 1.97 bits per heavy atom. The van der Waals surface area contributed by atoms with E-state index >= 15 is 0 Å². The largest absolute Gasteiger partial charge is 0.481 e. The number of esters is 1. The van der Waals surface area contributed by atoms with Gasteiger partial charge in [-0.25, -0.2) is 4.79 Å². The molecule has 0 spiro atoms. The number of rotatable bonds is 8. The van der Waals surface area contributed by atoms with E-state index in [1.165, 1.54) is 16.9 Å². The number of aliphatic carboxylic acids is 1. The molecule has 1 aromatic heterocycles. The third-order valence-corrected chi connectivity index (χ3v) is 6.23. The number of carboxylic acids is 1. The second-order valence-electron chi connectivity index (χ2n) is 7.07. The van der Waals surface area contributed by atoms with Crippen molar-refractivity contribution in [3.05, 3.63) is 51.9 Å². The number of thiophene rings is 1. The smallest absolute Gasteiger partial charge is 0.341 e. The number of carbonyl (C=O) groups is 3. The van der Waals surface area contributed by atoms with Gasteiger partial charge >= 0.3 is 11.9 Å². The van der Waals surface area contributed by atoms with E-state index in [9.17, 15) is 14.4 Å². The van der Waals surface area contributed by atoms with Crippen LogP contribution in [0.1, 0.15) is 64.9 Å². The van der Waals surface area contributed by atoms with Gasteiger partial charge in [0.2, 0.25) is 5.91 Å². The number of benzene rings is 1. The van der Waals surface area contributed by atoms with Gasteiger partial charge in [0.15, 0.2) is 0 Å². The Morgan fingerprint density at radius 1 is 1.21 bits per heavy atom. The zero-order chi connectivity index (χ0) is 20.8. The number of ether oxygens (including phenoxy) is 1. The molecule has 0 saturated carbocycles. The molecule has 29 heavy (non-hydrogen) atoms. The van der Waals surface area contributed by atoms with Gasteiger partial charge < -0.3 is 15.2 Å². The number of anilines is 1. The molecule has 3 rings (SSSR count). The molecule has 1 atom stereocenters. The highest BCUT2D eigenvalue weighted by Gasteiger charge is 2.30. The lowest BCUT2D eigenvalue weighted by Crippen LogP contribution is -2.17. The average Bonchev–Trinajstić information content (AvgIpc) is 3.05. The van der Waals surface area contributed by atoms with Crippen molar-refractivity contribution in [2.45, 2.75) is 51.4 Å². The van der Waals surface area contributed by atoms with E-state index in [2.05, 4.69) is 17.4 Å². The van der Waals surface area contributed by atoms with Crippen LogP contribution in [0.5, 0.6) is 0 Å². The first-order valence-electron chi connectivity index (χ1n) is 9.87. The third-order valence-electron chi connectivity index (χ3n) is 5.06. The molecule has 7 heteroatoms. The Balaban J connectivity index is 1.81. The maximum Gasteiger partial charge on any atom is 0.341 e. The van der Waals surface area contributed by atoms with Crippen molar-refractivity contribution in [3.8, 4) is 0 Å². The van der Waals surface area contributed by atoms with Crippen molar-refractivity contribution >= 4 is 34.2 Å². The second-order valence-corrected chi connectivity index (χ2v) is 8.18. The maximum atomic E-state index is 12.6. The SMILES string of the molecule is CCOC(=O)c1c(NC(=O)CCCC(=O)O)sc2c1CCC(c1ccccc1)C2. The van der Waals surface area contributed by atoms with Gasteiger partial charge in [-0.1, -0.05) is 30.3 Å². The minimum Gasteiger partial charge on any atom is -0.481 e. The zero-order valence-electron chi connectivity index (χ0n) is 16.4. The summed E-state index contributed by atoms with van der Waals surface area (Å²) in [5.74, 6) is -1.24. The second kappa shape index (κ2) is 9.69. The predicted octanol–water partition coefficient (Wildman–Crippen LogP) is 4.39. The van der Waals surface area contributed by atoms with E-state index in [1.807, 2.05) is 18.2 Å². The molecule has 1 aliphatic rings. The first-order chi connectivity index (χ1) is 14.0. The van der Waals surface area contributed by atoms with E-state index in [0.717, 1.165) is 29.7 Å². The van der Waals surface area contributed by atoms with Gasteiger partial charge in [0.1, 0.15) is 5.00 Å². The lowest BCUT2D eigenvalue weighted by atomic mass is 9.83. The van der Waals surface area contributed by atoms with Crippen molar-refractivity contribution in [1.29, 1.82) is 0 Å². The molecule has 0 aliphatic heterocycles. The Bertz CT molecular complexity index is 890. The van der Waals surface area contributed by atoms with Gasteiger partial charge in [0, 0.05) is 17.7 Å². The quantitative estimate of drug-likeness (QED) is 0.624. The number of amides is 1. The van der Waals surface area contributed by atoms with Gasteiger partial charge in [-0.3, -0.25) is 9.59 Å². The predicted molar refractivity (Wildman–Crippen MR) is 112 cm³/mol. The summed E-state index contributed by atoms with van der Waals surface area (Å²) in [4.78, 5) is 36.6. The van der Waals surface area contributed by atoms with Gasteiger partial charge in [-0.2, -0.15) is 0 Å². The number of nitrogens with one attached hydrogen (secondary N) is 1. The van der Waals surface area contributed by atoms with Crippen molar-refractivity contribution in [2.24, 2.45) is 0 Å². The summed E-state index contributed by atoms with van der Waals surface area (Å²) < 4.78 is 5.24. The monoisotopic (exact) mass is 415 g/mol. The Labute approximate surface area is 173 Å².